The van der Waals surface area contributed by atoms with Gasteiger partial charge in [-0.3, -0.25) is 0 Å². The Morgan fingerprint density at radius 1 is 0.611 bits per heavy atom. The third-order valence-electron chi connectivity index (χ3n) is 5.67. The number of benzene rings is 3. The average molecular weight is 497 g/mol. The number of hydrogen-bond donors (Lipinski definition) is 0. The molecule has 36 heavy (non-hydrogen) atoms. The SMILES string of the molecule is CCOc1ncc(-c2ccc(CCc3ccc(-c4ccc(OCC)c(F)c4F)cc3)c(F)c2F)cn1. The van der Waals surface area contributed by atoms with Crippen LogP contribution in [0.25, 0.3) is 22.3 Å². The molecule has 0 radical (unpaired) electrons. The first-order valence-corrected chi connectivity index (χ1v) is 11.5. The van der Waals surface area contributed by atoms with E-state index in [2.05, 4.69) is 9.97 Å². The number of hydrogen-bond acceptors (Lipinski definition) is 4. The maximum Gasteiger partial charge on any atom is 0.316 e. The second kappa shape index (κ2) is 11.2. The normalized spacial score (nSPS) is 10.9. The molecule has 8 heteroatoms. The summed E-state index contributed by atoms with van der Waals surface area (Å²) in [6.45, 7) is 4.11. The number of aryl methyl sites for hydroxylation is 2. The Morgan fingerprint density at radius 2 is 1.22 bits per heavy atom. The van der Waals surface area contributed by atoms with E-state index in [1.807, 2.05) is 0 Å². The van der Waals surface area contributed by atoms with Crippen LogP contribution in [-0.4, -0.2) is 23.2 Å². The summed E-state index contributed by atoms with van der Waals surface area (Å²) in [6, 6.07) is 12.9. The molecule has 1 aromatic heterocycles. The fourth-order valence-corrected chi connectivity index (χ4v) is 3.82. The highest BCUT2D eigenvalue weighted by Crippen LogP contribution is 2.31. The van der Waals surface area contributed by atoms with Crippen molar-refractivity contribution in [2.45, 2.75) is 26.7 Å². The molecular weight excluding hydrogens is 472 g/mol. The number of halogens is 4. The quantitative estimate of drug-likeness (QED) is 0.235. The number of aromatic nitrogens is 2. The highest BCUT2D eigenvalue weighted by atomic mass is 19.2. The average Bonchev–Trinajstić information content (AvgIpc) is 2.89. The molecule has 0 spiro atoms. The smallest absolute Gasteiger partial charge is 0.316 e. The van der Waals surface area contributed by atoms with Crippen LogP contribution in [0.1, 0.15) is 25.0 Å². The minimum atomic E-state index is -1.03. The zero-order valence-corrected chi connectivity index (χ0v) is 19.8. The third-order valence-corrected chi connectivity index (χ3v) is 5.67. The molecule has 0 aliphatic carbocycles. The number of nitrogens with zero attached hydrogens (tertiary/aromatic N) is 2. The van der Waals surface area contributed by atoms with Gasteiger partial charge < -0.3 is 9.47 Å². The van der Waals surface area contributed by atoms with Crippen molar-refractivity contribution in [2.24, 2.45) is 0 Å². The van der Waals surface area contributed by atoms with Crippen LogP contribution in [0, 0.1) is 23.3 Å². The Kier molecular flexibility index (Phi) is 7.83. The van der Waals surface area contributed by atoms with Crippen LogP contribution >= 0.6 is 0 Å². The van der Waals surface area contributed by atoms with Gasteiger partial charge in [0.25, 0.3) is 0 Å². The molecule has 0 saturated heterocycles. The molecule has 4 nitrogen and oxygen atoms in total. The minimum absolute atomic E-state index is 0.0632. The van der Waals surface area contributed by atoms with Gasteiger partial charge in [0.1, 0.15) is 0 Å². The summed E-state index contributed by atoms with van der Waals surface area (Å²) in [5.41, 5.74) is 2.09. The Morgan fingerprint density at radius 3 is 1.89 bits per heavy atom. The van der Waals surface area contributed by atoms with E-state index in [-0.39, 0.29) is 41.5 Å². The predicted molar refractivity (Wildman–Crippen MR) is 129 cm³/mol. The van der Waals surface area contributed by atoms with Gasteiger partial charge in [0.15, 0.2) is 23.2 Å². The van der Waals surface area contributed by atoms with Gasteiger partial charge in [-0.1, -0.05) is 36.4 Å². The summed E-state index contributed by atoms with van der Waals surface area (Å²) >= 11 is 0. The fourth-order valence-electron chi connectivity index (χ4n) is 3.82. The van der Waals surface area contributed by atoms with Crippen LogP contribution < -0.4 is 9.47 Å². The van der Waals surface area contributed by atoms with Crippen LogP contribution in [0.15, 0.2) is 60.9 Å². The van der Waals surface area contributed by atoms with Gasteiger partial charge in [0.05, 0.1) is 13.2 Å². The van der Waals surface area contributed by atoms with Gasteiger partial charge in [0.2, 0.25) is 5.82 Å². The van der Waals surface area contributed by atoms with Crippen molar-refractivity contribution in [1.29, 1.82) is 0 Å². The molecule has 4 aromatic rings. The maximum absolute atomic E-state index is 14.8. The Hall–Kier alpha value is -3.94. The van der Waals surface area contributed by atoms with Gasteiger partial charge in [0, 0.05) is 29.1 Å². The van der Waals surface area contributed by atoms with Gasteiger partial charge in [-0.25, -0.2) is 23.1 Å². The first-order valence-electron chi connectivity index (χ1n) is 11.5. The topological polar surface area (TPSA) is 44.2 Å². The lowest BCUT2D eigenvalue weighted by atomic mass is 9.98. The lowest BCUT2D eigenvalue weighted by molar-refractivity contribution is 0.312. The van der Waals surface area contributed by atoms with Crippen molar-refractivity contribution in [3.63, 3.8) is 0 Å². The second-order valence-electron chi connectivity index (χ2n) is 7.96. The summed E-state index contributed by atoms with van der Waals surface area (Å²) < 4.78 is 68.5. The Bertz CT molecular complexity index is 1340. The summed E-state index contributed by atoms with van der Waals surface area (Å²) in [7, 11) is 0. The number of ether oxygens (including phenoxy) is 2. The summed E-state index contributed by atoms with van der Waals surface area (Å²) in [6.07, 6.45) is 3.46. The van der Waals surface area contributed by atoms with Crippen molar-refractivity contribution in [3.8, 4) is 34.0 Å². The summed E-state index contributed by atoms with van der Waals surface area (Å²) in [5, 5.41) is 0. The third kappa shape index (κ3) is 5.32. The molecule has 3 aromatic carbocycles. The molecule has 1 heterocycles. The van der Waals surface area contributed by atoms with E-state index in [1.165, 1.54) is 36.7 Å². The van der Waals surface area contributed by atoms with Crippen LogP contribution in [-0.2, 0) is 12.8 Å². The molecule has 0 atom stereocenters. The van der Waals surface area contributed by atoms with Crippen LogP contribution in [0.2, 0.25) is 0 Å². The predicted octanol–water partition coefficient (Wildman–Crippen LogP) is 6.95. The van der Waals surface area contributed by atoms with Crippen molar-refractivity contribution in [1.82, 2.24) is 9.97 Å². The first kappa shape index (κ1) is 25.2. The summed E-state index contributed by atoms with van der Waals surface area (Å²) in [5.74, 6) is -4.04. The minimum Gasteiger partial charge on any atom is -0.491 e. The molecule has 0 aliphatic rings. The van der Waals surface area contributed by atoms with Gasteiger partial charge in [-0.05, 0) is 55.5 Å². The lowest BCUT2D eigenvalue weighted by Crippen LogP contribution is -2.01. The van der Waals surface area contributed by atoms with Crippen LogP contribution in [0.4, 0.5) is 17.6 Å². The highest BCUT2D eigenvalue weighted by molar-refractivity contribution is 5.66. The zero-order chi connectivity index (χ0) is 25.7. The largest absolute Gasteiger partial charge is 0.491 e. The first-order chi connectivity index (χ1) is 17.4. The van der Waals surface area contributed by atoms with Gasteiger partial charge in [-0.2, -0.15) is 4.39 Å². The molecule has 0 aliphatic heterocycles. The summed E-state index contributed by atoms with van der Waals surface area (Å²) in [4.78, 5) is 7.99. The monoisotopic (exact) mass is 496 g/mol. The van der Waals surface area contributed by atoms with Crippen LogP contribution in [0.5, 0.6) is 11.8 Å². The van der Waals surface area contributed by atoms with Gasteiger partial charge >= 0.3 is 6.01 Å². The van der Waals surface area contributed by atoms with Crippen LogP contribution in [0.3, 0.4) is 0 Å². The van der Waals surface area contributed by atoms with E-state index in [9.17, 15) is 17.6 Å². The molecule has 0 fully saturated rings. The van der Waals surface area contributed by atoms with E-state index in [0.717, 1.165) is 5.56 Å². The van der Waals surface area contributed by atoms with E-state index in [0.29, 0.717) is 24.2 Å². The highest BCUT2D eigenvalue weighted by Gasteiger charge is 2.17. The molecule has 0 saturated carbocycles. The molecule has 0 amide bonds. The Balaban J connectivity index is 1.46. The number of rotatable bonds is 9. The molecular formula is C28H24F4N2O2. The van der Waals surface area contributed by atoms with E-state index < -0.39 is 23.3 Å². The molecule has 0 N–H and O–H groups in total. The Labute approximate surface area is 206 Å². The maximum atomic E-state index is 14.8. The molecule has 0 bridgehead atoms. The molecule has 4 rings (SSSR count). The molecule has 186 valence electrons. The van der Waals surface area contributed by atoms with Crippen molar-refractivity contribution in [2.75, 3.05) is 13.2 Å². The van der Waals surface area contributed by atoms with E-state index in [4.69, 9.17) is 9.47 Å². The van der Waals surface area contributed by atoms with Gasteiger partial charge in [-0.15, -0.1) is 0 Å². The second-order valence-corrected chi connectivity index (χ2v) is 7.96. The fraction of sp³-hybridized carbons (Fsp3) is 0.214. The standard InChI is InChI=1S/C28H24F4N2O2/c1-3-35-23-14-13-21(26(31)27(23)32)18-8-5-17(6-9-18)7-10-19-11-12-22(25(30)24(19)29)20-15-33-28(34-16-20)36-4-2/h5-6,8-9,11-16H,3-4,7,10H2,1-2H3. The van der Waals surface area contributed by atoms with Crippen molar-refractivity contribution < 1.29 is 27.0 Å². The lowest BCUT2D eigenvalue weighted by Gasteiger charge is -2.11. The van der Waals surface area contributed by atoms with E-state index >= 15 is 0 Å². The molecule has 0 unspecified atom stereocenters. The zero-order valence-electron chi connectivity index (χ0n) is 19.8. The van der Waals surface area contributed by atoms with Crippen molar-refractivity contribution >= 4 is 0 Å². The van der Waals surface area contributed by atoms with E-state index in [1.54, 1.807) is 38.1 Å². The van der Waals surface area contributed by atoms with Crippen molar-refractivity contribution in [3.05, 3.63) is 95.3 Å².